The van der Waals surface area contributed by atoms with Crippen LogP contribution in [-0.2, 0) is 5.41 Å². The van der Waals surface area contributed by atoms with E-state index in [1.165, 1.54) is 60.7 Å². The molecule has 10 aromatic carbocycles. The summed E-state index contributed by atoms with van der Waals surface area (Å²) in [4.78, 5) is 2.37. The molecule has 59 heavy (non-hydrogen) atoms. The summed E-state index contributed by atoms with van der Waals surface area (Å²) in [7, 11) is 0. The number of anilines is 3. The highest BCUT2D eigenvalue weighted by atomic mass is 16.3. The Bertz CT molecular complexity index is 3320. The lowest BCUT2D eigenvalue weighted by Crippen LogP contribution is -2.28. The molecular formula is C57H37NO. The zero-order chi connectivity index (χ0) is 38.9. The van der Waals surface area contributed by atoms with Gasteiger partial charge in [0.1, 0.15) is 11.2 Å². The molecule has 0 amide bonds. The van der Waals surface area contributed by atoms with E-state index in [9.17, 15) is 0 Å². The molecule has 0 aliphatic heterocycles. The van der Waals surface area contributed by atoms with Crippen LogP contribution in [0.3, 0.4) is 0 Å². The molecule has 0 saturated heterocycles. The Balaban J connectivity index is 1.05. The summed E-state index contributed by atoms with van der Waals surface area (Å²) in [5, 5.41) is 6.96. The Morgan fingerprint density at radius 3 is 1.63 bits per heavy atom. The summed E-state index contributed by atoms with van der Waals surface area (Å²) in [5.74, 6) is 0. The average molecular weight is 752 g/mol. The van der Waals surface area contributed by atoms with Crippen LogP contribution in [-0.4, -0.2) is 0 Å². The predicted octanol–water partition coefficient (Wildman–Crippen LogP) is 15.4. The monoisotopic (exact) mass is 751 g/mol. The molecule has 1 aromatic heterocycles. The first-order valence-corrected chi connectivity index (χ1v) is 20.3. The normalized spacial score (nSPS) is 12.9. The van der Waals surface area contributed by atoms with Crippen LogP contribution in [0.4, 0.5) is 17.1 Å². The minimum absolute atomic E-state index is 0.462. The number of nitrogens with zero attached hydrogens (tertiary/aromatic N) is 1. The molecule has 12 rings (SSSR count). The number of furan rings is 1. The molecule has 0 fully saturated rings. The maximum absolute atomic E-state index is 6.75. The summed E-state index contributed by atoms with van der Waals surface area (Å²) in [6.45, 7) is 0. The molecule has 2 heteroatoms. The topological polar surface area (TPSA) is 16.4 Å². The molecule has 2 nitrogen and oxygen atoms in total. The summed E-state index contributed by atoms with van der Waals surface area (Å²) in [6.07, 6.45) is 0. The molecule has 276 valence electrons. The van der Waals surface area contributed by atoms with E-state index in [0.717, 1.165) is 44.4 Å². The quantitative estimate of drug-likeness (QED) is 0.157. The van der Waals surface area contributed by atoms with E-state index in [4.69, 9.17) is 4.42 Å². The lowest BCUT2D eigenvalue weighted by molar-refractivity contribution is 0.673. The Hall–Kier alpha value is -7.68. The van der Waals surface area contributed by atoms with Gasteiger partial charge < -0.3 is 9.32 Å². The van der Waals surface area contributed by atoms with Crippen molar-refractivity contribution in [2.75, 3.05) is 4.90 Å². The van der Waals surface area contributed by atoms with Crippen LogP contribution in [0.25, 0.3) is 65.7 Å². The van der Waals surface area contributed by atoms with E-state index in [2.05, 4.69) is 229 Å². The maximum Gasteiger partial charge on any atom is 0.143 e. The smallest absolute Gasteiger partial charge is 0.143 e. The SMILES string of the molecule is c1ccc(-c2ccc(N(c3ccc(C4(c5ccccc5)c5ccccc5-c5ccccc54)cc3)c3ccc4oc5c(ccc6ccc7ccccc7c65)c4c3)cc2)cc1. The molecule has 1 aliphatic rings. The van der Waals surface area contributed by atoms with Crippen molar-refractivity contribution in [3.05, 3.63) is 247 Å². The first-order valence-electron chi connectivity index (χ1n) is 20.3. The van der Waals surface area contributed by atoms with Crippen LogP contribution in [0.1, 0.15) is 22.3 Å². The summed E-state index contributed by atoms with van der Waals surface area (Å²) in [6, 6.07) is 81.7. The van der Waals surface area contributed by atoms with Gasteiger partial charge in [-0.25, -0.2) is 0 Å². The Kier molecular flexibility index (Phi) is 7.48. The Labute approximate surface area is 342 Å². The van der Waals surface area contributed by atoms with Gasteiger partial charge in [-0.05, 0) is 109 Å². The van der Waals surface area contributed by atoms with E-state index in [0.29, 0.717) is 0 Å². The van der Waals surface area contributed by atoms with Gasteiger partial charge in [0.15, 0.2) is 0 Å². The minimum atomic E-state index is -0.462. The summed E-state index contributed by atoms with van der Waals surface area (Å²) in [5.41, 5.74) is 14.6. The zero-order valence-corrected chi connectivity index (χ0v) is 32.2. The van der Waals surface area contributed by atoms with Gasteiger partial charge >= 0.3 is 0 Å². The first-order chi connectivity index (χ1) is 29.3. The summed E-state index contributed by atoms with van der Waals surface area (Å²) < 4.78 is 6.75. The van der Waals surface area contributed by atoms with E-state index < -0.39 is 5.41 Å². The van der Waals surface area contributed by atoms with Crippen molar-refractivity contribution in [2.24, 2.45) is 0 Å². The second kappa shape index (κ2) is 13.2. The third-order valence-electron chi connectivity index (χ3n) is 12.5. The zero-order valence-electron chi connectivity index (χ0n) is 32.2. The van der Waals surface area contributed by atoms with Crippen LogP contribution in [0.15, 0.2) is 229 Å². The largest absolute Gasteiger partial charge is 0.455 e. The van der Waals surface area contributed by atoms with Crippen LogP contribution in [0.2, 0.25) is 0 Å². The van der Waals surface area contributed by atoms with Crippen molar-refractivity contribution in [1.82, 2.24) is 0 Å². The third kappa shape index (κ3) is 5.06. The first kappa shape index (κ1) is 33.5. The van der Waals surface area contributed by atoms with Gasteiger partial charge in [0, 0.05) is 33.2 Å². The molecule has 1 aliphatic carbocycles. The highest BCUT2D eigenvalue weighted by molar-refractivity contribution is 6.23. The number of fused-ring (bicyclic) bond motifs is 10. The molecule has 0 saturated carbocycles. The second-order valence-corrected chi connectivity index (χ2v) is 15.6. The van der Waals surface area contributed by atoms with Crippen molar-refractivity contribution in [3.63, 3.8) is 0 Å². The molecule has 0 spiro atoms. The number of rotatable bonds is 6. The molecule has 0 bridgehead atoms. The maximum atomic E-state index is 6.75. The van der Waals surface area contributed by atoms with E-state index >= 15 is 0 Å². The number of hydrogen-bond donors (Lipinski definition) is 0. The molecule has 0 atom stereocenters. The molecule has 1 heterocycles. The van der Waals surface area contributed by atoms with Gasteiger partial charge in [0.2, 0.25) is 0 Å². The van der Waals surface area contributed by atoms with Crippen LogP contribution >= 0.6 is 0 Å². The van der Waals surface area contributed by atoms with Gasteiger partial charge in [-0.2, -0.15) is 0 Å². The highest BCUT2D eigenvalue weighted by Crippen LogP contribution is 2.56. The lowest BCUT2D eigenvalue weighted by atomic mass is 9.68. The summed E-state index contributed by atoms with van der Waals surface area (Å²) >= 11 is 0. The molecular weight excluding hydrogens is 715 g/mol. The fourth-order valence-corrected chi connectivity index (χ4v) is 9.90. The van der Waals surface area contributed by atoms with E-state index in [1.807, 2.05) is 0 Å². The van der Waals surface area contributed by atoms with Crippen molar-refractivity contribution in [2.45, 2.75) is 5.41 Å². The van der Waals surface area contributed by atoms with Gasteiger partial charge in [0.05, 0.1) is 5.41 Å². The van der Waals surface area contributed by atoms with Gasteiger partial charge in [-0.1, -0.05) is 176 Å². The number of hydrogen-bond acceptors (Lipinski definition) is 2. The van der Waals surface area contributed by atoms with E-state index in [1.54, 1.807) is 0 Å². The average Bonchev–Trinajstić information content (AvgIpc) is 3.84. The van der Waals surface area contributed by atoms with Crippen LogP contribution < -0.4 is 4.90 Å². The van der Waals surface area contributed by atoms with Crippen LogP contribution in [0, 0.1) is 0 Å². The standard InChI is InChI=1S/C57H37NO/c1-3-13-38(14-4-1)39-25-30-44(31-26-39)58(46-34-36-54-51(37-46)50-35-27-41-24-23-40-15-7-8-18-47(40)55(41)56(50)59-54)45-32-28-43(29-33-45)57(42-16-5-2-6-17-42)52-21-11-9-19-48(52)49-20-10-12-22-53(49)57/h1-37H. The van der Waals surface area contributed by atoms with Crippen molar-refractivity contribution >= 4 is 60.5 Å². The minimum Gasteiger partial charge on any atom is -0.455 e. The van der Waals surface area contributed by atoms with Crippen molar-refractivity contribution in [1.29, 1.82) is 0 Å². The predicted molar refractivity (Wildman–Crippen MR) is 246 cm³/mol. The molecule has 0 N–H and O–H groups in total. The second-order valence-electron chi connectivity index (χ2n) is 15.6. The van der Waals surface area contributed by atoms with Gasteiger partial charge in [-0.15, -0.1) is 0 Å². The van der Waals surface area contributed by atoms with Gasteiger partial charge in [0.25, 0.3) is 0 Å². The molecule has 0 unspecified atom stereocenters. The van der Waals surface area contributed by atoms with E-state index in [-0.39, 0.29) is 0 Å². The Morgan fingerprint density at radius 1 is 0.356 bits per heavy atom. The van der Waals surface area contributed by atoms with Gasteiger partial charge in [-0.3, -0.25) is 0 Å². The fourth-order valence-electron chi connectivity index (χ4n) is 9.90. The Morgan fingerprint density at radius 2 is 0.898 bits per heavy atom. The number of benzene rings is 10. The molecule has 0 radical (unpaired) electrons. The molecule has 11 aromatic rings. The lowest BCUT2D eigenvalue weighted by Gasteiger charge is -2.34. The van der Waals surface area contributed by atoms with Crippen molar-refractivity contribution < 1.29 is 4.42 Å². The fraction of sp³-hybridized carbons (Fsp3) is 0.0175. The van der Waals surface area contributed by atoms with Crippen LogP contribution in [0.5, 0.6) is 0 Å². The third-order valence-corrected chi connectivity index (χ3v) is 12.5. The van der Waals surface area contributed by atoms with Crippen molar-refractivity contribution in [3.8, 4) is 22.3 Å². The highest BCUT2D eigenvalue weighted by Gasteiger charge is 2.45.